The average Bonchev–Trinajstić information content (AvgIpc) is 3.08. The largest absolute Gasteiger partial charge is 0.390 e. The molecule has 4 heteroatoms. The van der Waals surface area contributed by atoms with Crippen molar-refractivity contribution in [2.24, 2.45) is 40.4 Å². The molecule has 31 heavy (non-hydrogen) atoms. The summed E-state index contributed by atoms with van der Waals surface area (Å²) >= 11 is 0. The van der Waals surface area contributed by atoms with E-state index in [9.17, 15) is 9.90 Å². The fourth-order valence-electron chi connectivity index (χ4n) is 8.59. The van der Waals surface area contributed by atoms with Gasteiger partial charge in [-0.3, -0.25) is 9.63 Å². The number of allylic oxidation sites excluding steroid dienone is 1. The molecule has 4 nitrogen and oxygen atoms in total. The van der Waals surface area contributed by atoms with E-state index in [2.05, 4.69) is 26.8 Å². The van der Waals surface area contributed by atoms with Gasteiger partial charge in [0.25, 0.3) is 0 Å². The van der Waals surface area contributed by atoms with E-state index in [-0.39, 0.29) is 5.91 Å². The van der Waals surface area contributed by atoms with Gasteiger partial charge in [0.2, 0.25) is 5.91 Å². The number of carbonyl (C=O) groups excluding carboxylic acids is 1. The second-order valence-electron chi connectivity index (χ2n) is 12.3. The zero-order chi connectivity index (χ0) is 22.6. The molecule has 0 spiro atoms. The molecule has 4 aliphatic carbocycles. The summed E-state index contributed by atoms with van der Waals surface area (Å²) in [6.45, 7) is 9.50. The van der Waals surface area contributed by atoms with Crippen LogP contribution in [0.3, 0.4) is 0 Å². The maximum Gasteiger partial charge on any atom is 0.245 e. The number of nitrogens with zero attached hydrogens (tertiary/aromatic N) is 1. The van der Waals surface area contributed by atoms with Crippen LogP contribution in [-0.4, -0.2) is 35.8 Å². The van der Waals surface area contributed by atoms with Gasteiger partial charge in [-0.05, 0) is 105 Å². The van der Waals surface area contributed by atoms with E-state index >= 15 is 0 Å². The van der Waals surface area contributed by atoms with Crippen LogP contribution in [0, 0.1) is 40.4 Å². The molecule has 0 aliphatic heterocycles. The molecule has 0 saturated heterocycles. The van der Waals surface area contributed by atoms with Crippen molar-refractivity contribution in [2.75, 3.05) is 14.2 Å². The predicted molar refractivity (Wildman–Crippen MR) is 124 cm³/mol. The standard InChI is InChI=1S/C27H45NO3/c1-18(7-12-24(29)28(5)31-6)21-10-11-22-20-9-8-19-17-25(2,30)15-16-26(19,3)23(20)13-14-27(21,22)4/h8,18,20-23,30H,7,9-17H2,1-6H3/t18-,20+,21?,22+,23?,25+,26+,27-/m1/s1. The Kier molecular flexibility index (Phi) is 6.14. The van der Waals surface area contributed by atoms with Gasteiger partial charge in [0.15, 0.2) is 0 Å². The lowest BCUT2D eigenvalue weighted by atomic mass is 9.46. The summed E-state index contributed by atoms with van der Waals surface area (Å²) in [5.74, 6) is 3.79. The first-order valence-corrected chi connectivity index (χ1v) is 12.7. The molecule has 0 aromatic carbocycles. The SMILES string of the molecule is CON(C)C(=O)CC[C@@H](C)C1CC[C@H]2[C@@H]3CC=C4C[C@@](C)(O)CC[C@]4(C)C3CC[C@]12C. The Labute approximate surface area is 189 Å². The minimum Gasteiger partial charge on any atom is -0.390 e. The summed E-state index contributed by atoms with van der Waals surface area (Å²) in [6.07, 6.45) is 13.6. The van der Waals surface area contributed by atoms with E-state index in [1.807, 2.05) is 6.92 Å². The molecule has 3 saturated carbocycles. The number of hydrogen-bond acceptors (Lipinski definition) is 3. The summed E-state index contributed by atoms with van der Waals surface area (Å²) in [5, 5.41) is 12.0. The molecule has 176 valence electrons. The van der Waals surface area contributed by atoms with Crippen molar-refractivity contribution in [1.29, 1.82) is 0 Å². The zero-order valence-electron chi connectivity index (χ0n) is 20.7. The molecule has 1 amide bonds. The van der Waals surface area contributed by atoms with Gasteiger partial charge < -0.3 is 5.11 Å². The topological polar surface area (TPSA) is 49.8 Å². The van der Waals surface area contributed by atoms with Crippen LogP contribution in [-0.2, 0) is 9.63 Å². The average molecular weight is 432 g/mol. The van der Waals surface area contributed by atoms with E-state index in [1.54, 1.807) is 19.7 Å². The van der Waals surface area contributed by atoms with Crippen molar-refractivity contribution >= 4 is 5.91 Å². The maximum atomic E-state index is 12.2. The Bertz CT molecular complexity index is 730. The van der Waals surface area contributed by atoms with Gasteiger partial charge in [-0.15, -0.1) is 0 Å². The lowest BCUT2D eigenvalue weighted by Gasteiger charge is -2.59. The van der Waals surface area contributed by atoms with Crippen molar-refractivity contribution in [1.82, 2.24) is 5.06 Å². The highest BCUT2D eigenvalue weighted by molar-refractivity contribution is 5.74. The van der Waals surface area contributed by atoms with Crippen LogP contribution in [0.1, 0.15) is 91.9 Å². The van der Waals surface area contributed by atoms with Gasteiger partial charge in [0.1, 0.15) is 0 Å². The smallest absolute Gasteiger partial charge is 0.245 e. The second kappa shape index (κ2) is 8.17. The Morgan fingerprint density at radius 1 is 1.19 bits per heavy atom. The highest BCUT2D eigenvalue weighted by Crippen LogP contribution is 2.67. The number of carbonyl (C=O) groups is 1. The summed E-state index contributed by atoms with van der Waals surface area (Å²) in [6, 6.07) is 0. The Morgan fingerprint density at radius 3 is 2.65 bits per heavy atom. The molecule has 0 radical (unpaired) electrons. The van der Waals surface area contributed by atoms with Crippen LogP contribution in [0.5, 0.6) is 0 Å². The first-order chi connectivity index (χ1) is 14.5. The zero-order valence-corrected chi connectivity index (χ0v) is 20.7. The van der Waals surface area contributed by atoms with E-state index in [0.717, 1.165) is 49.4 Å². The maximum absolute atomic E-state index is 12.2. The Balaban J connectivity index is 1.48. The summed E-state index contributed by atoms with van der Waals surface area (Å²) in [4.78, 5) is 17.3. The predicted octanol–water partition coefficient (Wildman–Crippen LogP) is 5.75. The Morgan fingerprint density at radius 2 is 1.94 bits per heavy atom. The van der Waals surface area contributed by atoms with Crippen molar-refractivity contribution in [3.8, 4) is 0 Å². The molecule has 2 unspecified atom stereocenters. The summed E-state index contributed by atoms with van der Waals surface area (Å²) in [7, 11) is 3.26. The van der Waals surface area contributed by atoms with Crippen LogP contribution in [0.25, 0.3) is 0 Å². The molecule has 0 heterocycles. The van der Waals surface area contributed by atoms with Gasteiger partial charge in [-0.1, -0.05) is 32.4 Å². The number of rotatable bonds is 5. The van der Waals surface area contributed by atoms with Crippen molar-refractivity contribution < 1.29 is 14.7 Å². The third-order valence-corrected chi connectivity index (χ3v) is 10.6. The number of hydrogen-bond donors (Lipinski definition) is 1. The minimum absolute atomic E-state index is 0.0869. The third-order valence-electron chi connectivity index (χ3n) is 10.6. The summed E-state index contributed by atoms with van der Waals surface area (Å²) < 4.78 is 0. The Hall–Kier alpha value is -0.870. The molecule has 4 rings (SSSR count). The molecular formula is C27H45NO3. The van der Waals surface area contributed by atoms with Gasteiger partial charge >= 0.3 is 0 Å². The molecule has 8 atom stereocenters. The molecule has 4 aliphatic rings. The number of amides is 1. The van der Waals surface area contributed by atoms with Crippen LogP contribution in [0.2, 0.25) is 0 Å². The van der Waals surface area contributed by atoms with Gasteiger partial charge in [0.05, 0.1) is 12.7 Å². The van der Waals surface area contributed by atoms with Crippen LogP contribution >= 0.6 is 0 Å². The van der Waals surface area contributed by atoms with Gasteiger partial charge in [-0.2, -0.15) is 0 Å². The molecule has 3 fully saturated rings. The molecule has 1 N–H and O–H groups in total. The quantitative estimate of drug-likeness (QED) is 0.445. The van der Waals surface area contributed by atoms with Gasteiger partial charge in [-0.25, -0.2) is 5.06 Å². The lowest BCUT2D eigenvalue weighted by molar-refractivity contribution is -0.169. The van der Waals surface area contributed by atoms with Crippen LogP contribution in [0.15, 0.2) is 11.6 Å². The third kappa shape index (κ3) is 3.90. The molecule has 0 bridgehead atoms. The lowest BCUT2D eigenvalue weighted by Crippen LogP contribution is -2.52. The first kappa shape index (κ1) is 23.3. The summed E-state index contributed by atoms with van der Waals surface area (Å²) in [5.41, 5.74) is 1.76. The highest BCUT2D eigenvalue weighted by atomic mass is 16.7. The van der Waals surface area contributed by atoms with E-state index in [4.69, 9.17) is 4.84 Å². The molecule has 0 aromatic heterocycles. The molecular weight excluding hydrogens is 386 g/mol. The van der Waals surface area contributed by atoms with Gasteiger partial charge in [0, 0.05) is 13.5 Å². The van der Waals surface area contributed by atoms with Crippen molar-refractivity contribution in [3.05, 3.63) is 11.6 Å². The second-order valence-corrected chi connectivity index (χ2v) is 12.3. The highest BCUT2D eigenvalue weighted by Gasteiger charge is 2.59. The number of fused-ring (bicyclic) bond motifs is 5. The first-order valence-electron chi connectivity index (χ1n) is 12.7. The monoisotopic (exact) mass is 431 g/mol. The van der Waals surface area contributed by atoms with Crippen molar-refractivity contribution in [3.63, 3.8) is 0 Å². The van der Waals surface area contributed by atoms with E-state index in [1.165, 1.54) is 37.2 Å². The van der Waals surface area contributed by atoms with Crippen molar-refractivity contribution in [2.45, 2.75) is 97.5 Å². The van der Waals surface area contributed by atoms with E-state index < -0.39 is 5.60 Å². The fraction of sp³-hybridized carbons (Fsp3) is 0.889. The molecule has 0 aromatic rings. The minimum atomic E-state index is -0.510. The van der Waals surface area contributed by atoms with Crippen LogP contribution < -0.4 is 0 Å². The number of hydroxylamine groups is 2. The van der Waals surface area contributed by atoms with E-state index in [0.29, 0.717) is 23.2 Å². The normalized spacial score (nSPS) is 45.2. The number of aliphatic hydroxyl groups is 1. The van der Waals surface area contributed by atoms with Crippen LogP contribution in [0.4, 0.5) is 0 Å². The fourth-order valence-corrected chi connectivity index (χ4v) is 8.59.